The van der Waals surface area contributed by atoms with Gasteiger partial charge < -0.3 is 14.8 Å². The number of hydrazone groups is 1. The highest BCUT2D eigenvalue weighted by molar-refractivity contribution is 7.89. The van der Waals surface area contributed by atoms with Gasteiger partial charge in [-0.2, -0.15) is 9.41 Å². The molecule has 42 heavy (non-hydrogen) atoms. The van der Waals surface area contributed by atoms with Gasteiger partial charge in [0.2, 0.25) is 10.0 Å². The molecule has 0 aliphatic carbocycles. The van der Waals surface area contributed by atoms with Gasteiger partial charge in [0, 0.05) is 24.7 Å². The van der Waals surface area contributed by atoms with Crippen molar-refractivity contribution in [3.05, 3.63) is 95.0 Å². The van der Waals surface area contributed by atoms with Crippen LogP contribution < -0.4 is 15.5 Å². The summed E-state index contributed by atoms with van der Waals surface area (Å²) < 4.78 is 38.8. The zero-order valence-corrected chi connectivity index (χ0v) is 24.5. The molecule has 4 rings (SSSR count). The van der Waals surface area contributed by atoms with Crippen LogP contribution in [0.3, 0.4) is 0 Å². The van der Waals surface area contributed by atoms with Gasteiger partial charge in [0.15, 0.2) is 6.61 Å². The van der Waals surface area contributed by atoms with E-state index in [1.807, 2.05) is 30.3 Å². The number of hydrogen-bond donors (Lipinski definition) is 2. The van der Waals surface area contributed by atoms with Crippen LogP contribution in [0.1, 0.15) is 24.0 Å². The van der Waals surface area contributed by atoms with Crippen molar-refractivity contribution < 1.29 is 27.5 Å². The van der Waals surface area contributed by atoms with Crippen LogP contribution in [-0.4, -0.2) is 69.7 Å². The standard InChI is InChI=1S/C30H33ClN4O6S/c31-25-10-14-28(15-11-25)42(38,39)35(17-16-23-5-2-1-3-6-23)21-29(36)34-33-19-24-8-12-26(13-9-24)41-22-30(37)32-20-27-7-4-18-40-27/h1-3,5-6,8-15,19,27H,4,7,16-18,20-22H2,(H,32,37)(H,34,36)/b33-19+/t27-/m0/s1. The number of hydrogen-bond acceptors (Lipinski definition) is 7. The van der Waals surface area contributed by atoms with Crippen LogP contribution in [0.5, 0.6) is 5.75 Å². The van der Waals surface area contributed by atoms with Gasteiger partial charge in [0.25, 0.3) is 11.8 Å². The van der Waals surface area contributed by atoms with Crippen LogP contribution in [0.2, 0.25) is 5.02 Å². The van der Waals surface area contributed by atoms with E-state index in [1.54, 1.807) is 24.3 Å². The smallest absolute Gasteiger partial charge is 0.258 e. The Labute approximate surface area is 250 Å². The largest absolute Gasteiger partial charge is 0.484 e. The third kappa shape index (κ3) is 9.66. The fraction of sp³-hybridized carbons (Fsp3) is 0.300. The Kier molecular flexibility index (Phi) is 11.5. The summed E-state index contributed by atoms with van der Waals surface area (Å²) in [5.41, 5.74) is 4.00. The Morgan fingerprint density at radius 2 is 1.76 bits per heavy atom. The van der Waals surface area contributed by atoms with Crippen LogP contribution >= 0.6 is 11.6 Å². The Morgan fingerprint density at radius 1 is 1.02 bits per heavy atom. The van der Waals surface area contributed by atoms with E-state index in [-0.39, 0.29) is 30.1 Å². The summed E-state index contributed by atoms with van der Waals surface area (Å²) in [6, 6.07) is 22.0. The molecule has 222 valence electrons. The second-order valence-corrected chi connectivity index (χ2v) is 12.0. The molecule has 10 nitrogen and oxygen atoms in total. The summed E-state index contributed by atoms with van der Waals surface area (Å²) in [5, 5.41) is 7.17. The van der Waals surface area contributed by atoms with Gasteiger partial charge in [-0.3, -0.25) is 9.59 Å². The van der Waals surface area contributed by atoms with Crippen molar-refractivity contribution in [2.24, 2.45) is 5.10 Å². The summed E-state index contributed by atoms with van der Waals surface area (Å²) in [6.07, 6.45) is 3.88. The van der Waals surface area contributed by atoms with E-state index >= 15 is 0 Å². The van der Waals surface area contributed by atoms with Crippen molar-refractivity contribution in [1.29, 1.82) is 0 Å². The molecule has 1 aliphatic heterocycles. The first-order chi connectivity index (χ1) is 20.3. The molecule has 0 spiro atoms. The molecule has 1 heterocycles. The number of sulfonamides is 1. The molecule has 0 unspecified atom stereocenters. The van der Waals surface area contributed by atoms with Gasteiger partial charge in [-0.25, -0.2) is 13.8 Å². The van der Waals surface area contributed by atoms with Crippen molar-refractivity contribution in [1.82, 2.24) is 15.0 Å². The highest BCUT2D eigenvalue weighted by atomic mass is 35.5. The molecule has 3 aromatic rings. The molecular formula is C30H33ClN4O6S. The number of nitrogens with zero attached hydrogens (tertiary/aromatic N) is 2. The van der Waals surface area contributed by atoms with Crippen LogP contribution in [0, 0.1) is 0 Å². The zero-order chi connectivity index (χ0) is 29.8. The first-order valence-corrected chi connectivity index (χ1v) is 15.3. The Morgan fingerprint density at radius 3 is 2.45 bits per heavy atom. The highest BCUT2D eigenvalue weighted by Gasteiger charge is 2.26. The molecule has 0 saturated carbocycles. The van der Waals surface area contributed by atoms with E-state index in [9.17, 15) is 18.0 Å². The average Bonchev–Trinajstić information content (AvgIpc) is 3.52. The molecular weight excluding hydrogens is 580 g/mol. The second-order valence-electron chi connectivity index (χ2n) is 9.62. The summed E-state index contributed by atoms with van der Waals surface area (Å²) in [7, 11) is -3.97. The minimum absolute atomic E-state index is 0.0406. The summed E-state index contributed by atoms with van der Waals surface area (Å²) >= 11 is 5.93. The van der Waals surface area contributed by atoms with Gasteiger partial charge in [-0.1, -0.05) is 41.9 Å². The summed E-state index contributed by atoms with van der Waals surface area (Å²) in [6.45, 7) is 0.768. The van der Waals surface area contributed by atoms with Crippen LogP contribution in [0.15, 0.2) is 88.9 Å². The Hall–Kier alpha value is -3.77. The predicted molar refractivity (Wildman–Crippen MR) is 160 cm³/mol. The molecule has 0 radical (unpaired) electrons. The zero-order valence-electron chi connectivity index (χ0n) is 22.9. The fourth-order valence-electron chi connectivity index (χ4n) is 4.20. The lowest BCUT2D eigenvalue weighted by molar-refractivity contribution is -0.123. The third-order valence-electron chi connectivity index (χ3n) is 6.47. The fourth-order valence-corrected chi connectivity index (χ4v) is 5.72. The molecule has 1 atom stereocenters. The van der Waals surface area contributed by atoms with E-state index in [1.165, 1.54) is 30.5 Å². The van der Waals surface area contributed by atoms with E-state index in [0.717, 1.165) is 29.3 Å². The van der Waals surface area contributed by atoms with Gasteiger partial charge >= 0.3 is 0 Å². The van der Waals surface area contributed by atoms with Crippen LogP contribution in [0.25, 0.3) is 0 Å². The van der Waals surface area contributed by atoms with Gasteiger partial charge in [-0.05, 0) is 78.9 Å². The van der Waals surface area contributed by atoms with Crippen LogP contribution in [0.4, 0.5) is 0 Å². The number of nitrogens with one attached hydrogen (secondary N) is 2. The van der Waals surface area contributed by atoms with Crippen molar-refractivity contribution in [2.45, 2.75) is 30.3 Å². The summed E-state index contributed by atoms with van der Waals surface area (Å²) in [4.78, 5) is 24.7. The molecule has 1 aliphatic rings. The predicted octanol–water partition coefficient (Wildman–Crippen LogP) is 3.40. The maximum atomic E-state index is 13.3. The SMILES string of the molecule is O=C(COc1ccc(/C=N/NC(=O)CN(CCc2ccccc2)S(=O)(=O)c2ccc(Cl)cc2)cc1)NC[C@@H]1CCCO1. The van der Waals surface area contributed by atoms with Crippen molar-refractivity contribution in [2.75, 3.05) is 32.8 Å². The maximum Gasteiger partial charge on any atom is 0.258 e. The first-order valence-electron chi connectivity index (χ1n) is 13.5. The normalized spacial score (nSPS) is 15.1. The molecule has 12 heteroatoms. The number of amides is 2. The molecule has 1 saturated heterocycles. The molecule has 1 fully saturated rings. The molecule has 0 aromatic heterocycles. The van der Waals surface area contributed by atoms with E-state index in [2.05, 4.69) is 15.8 Å². The van der Waals surface area contributed by atoms with E-state index < -0.39 is 22.5 Å². The number of carbonyl (C=O) groups excluding carboxylic acids is 2. The lowest BCUT2D eigenvalue weighted by atomic mass is 10.1. The van der Waals surface area contributed by atoms with E-state index in [4.69, 9.17) is 21.1 Å². The van der Waals surface area contributed by atoms with Gasteiger partial charge in [0.05, 0.1) is 23.8 Å². The topological polar surface area (TPSA) is 126 Å². The number of halogens is 1. The van der Waals surface area contributed by atoms with Gasteiger partial charge in [0.1, 0.15) is 5.75 Å². The molecule has 0 bridgehead atoms. The third-order valence-corrected chi connectivity index (χ3v) is 8.58. The number of benzene rings is 3. The molecule has 3 aromatic carbocycles. The first kappa shape index (κ1) is 31.2. The monoisotopic (exact) mass is 612 g/mol. The Balaban J connectivity index is 1.29. The molecule has 2 N–H and O–H groups in total. The van der Waals surface area contributed by atoms with Crippen molar-refractivity contribution in [3.63, 3.8) is 0 Å². The number of carbonyl (C=O) groups is 2. The van der Waals surface area contributed by atoms with Crippen molar-refractivity contribution in [3.8, 4) is 5.75 Å². The molecule has 2 amide bonds. The lowest BCUT2D eigenvalue weighted by Crippen LogP contribution is -2.40. The highest BCUT2D eigenvalue weighted by Crippen LogP contribution is 2.19. The average molecular weight is 613 g/mol. The Bertz CT molecular complexity index is 1450. The quantitative estimate of drug-likeness (QED) is 0.212. The lowest BCUT2D eigenvalue weighted by Gasteiger charge is -2.21. The second kappa shape index (κ2) is 15.5. The number of ether oxygens (including phenoxy) is 2. The van der Waals surface area contributed by atoms with E-state index in [0.29, 0.717) is 29.3 Å². The minimum Gasteiger partial charge on any atom is -0.484 e. The van der Waals surface area contributed by atoms with Crippen LogP contribution in [-0.2, 0) is 30.8 Å². The number of rotatable bonds is 14. The van der Waals surface area contributed by atoms with Crippen molar-refractivity contribution >= 4 is 39.7 Å². The minimum atomic E-state index is -3.97. The van der Waals surface area contributed by atoms with Gasteiger partial charge in [-0.15, -0.1) is 0 Å². The summed E-state index contributed by atoms with van der Waals surface area (Å²) in [5.74, 6) is -0.314. The maximum absolute atomic E-state index is 13.3.